The second-order valence-corrected chi connectivity index (χ2v) is 5.23. The smallest absolute Gasteiger partial charge is 0.0699 e. The van der Waals surface area contributed by atoms with Crippen molar-refractivity contribution in [1.82, 2.24) is 0 Å². The van der Waals surface area contributed by atoms with Crippen molar-refractivity contribution in [3.05, 3.63) is 0 Å². The lowest BCUT2D eigenvalue weighted by atomic mass is 9.79. The lowest BCUT2D eigenvalue weighted by molar-refractivity contribution is 0.504. The molecular weight excluding hydrogens is 179 g/mol. The van der Waals surface area contributed by atoms with E-state index in [0.29, 0.717) is 5.82 Å². The maximum absolute atomic E-state index is 6.08. The first-order valence-corrected chi connectivity index (χ1v) is 7.15. The summed E-state index contributed by atoms with van der Waals surface area (Å²) < 4.78 is 0. The Labute approximate surface area is 97.6 Å². The van der Waals surface area contributed by atoms with Gasteiger partial charge in [0.15, 0.2) is 0 Å². The van der Waals surface area contributed by atoms with Crippen LogP contribution in [0.15, 0.2) is 0 Å². The number of rotatable bonds is 0. The lowest BCUT2D eigenvalue weighted by Crippen LogP contribution is -1.94. The van der Waals surface area contributed by atoms with Crippen molar-refractivity contribution < 1.29 is 0 Å². The van der Waals surface area contributed by atoms with E-state index in [1.165, 1.54) is 83.5 Å². The molecule has 1 saturated carbocycles. The highest BCUT2D eigenvalue weighted by Crippen LogP contribution is 2.21. The summed E-state index contributed by atoms with van der Waals surface area (Å²) in [5.74, 6) is 0.493. The summed E-state index contributed by atoms with van der Waals surface area (Å²) in [7, 11) is 6.08. The molecule has 1 aliphatic carbocycles. The quantitative estimate of drug-likeness (QED) is 0.487. The summed E-state index contributed by atoms with van der Waals surface area (Å²) in [5, 5.41) is 0. The summed E-state index contributed by atoms with van der Waals surface area (Å²) in [4.78, 5) is 0. The van der Waals surface area contributed by atoms with Crippen molar-refractivity contribution in [3.8, 4) is 0 Å². The van der Waals surface area contributed by atoms with E-state index in [1.807, 2.05) is 0 Å². The van der Waals surface area contributed by atoms with Crippen LogP contribution in [0.4, 0.5) is 0 Å². The Balaban J connectivity index is 2.10. The van der Waals surface area contributed by atoms with Gasteiger partial charge in [-0.15, -0.1) is 0 Å². The number of hydrogen-bond acceptors (Lipinski definition) is 0. The predicted octanol–water partition coefficient (Wildman–Crippen LogP) is 5.03. The summed E-state index contributed by atoms with van der Waals surface area (Å²) >= 11 is 0. The lowest BCUT2D eigenvalue weighted by Gasteiger charge is -2.12. The molecule has 0 aliphatic heterocycles. The van der Waals surface area contributed by atoms with Gasteiger partial charge < -0.3 is 0 Å². The molecule has 1 aliphatic rings. The van der Waals surface area contributed by atoms with E-state index in [4.69, 9.17) is 7.85 Å². The van der Waals surface area contributed by atoms with Crippen LogP contribution >= 0.6 is 0 Å². The third-order valence-electron chi connectivity index (χ3n) is 3.65. The molecule has 86 valence electrons. The second kappa shape index (κ2) is 9.30. The first kappa shape index (κ1) is 13.1. The largest absolute Gasteiger partial charge is 0.0774 e. The normalized spacial score (nSPS) is 24.5. The molecule has 2 radical (unpaired) electrons. The molecule has 15 heavy (non-hydrogen) atoms. The van der Waals surface area contributed by atoms with Crippen LogP contribution in [0.5, 0.6) is 0 Å². The van der Waals surface area contributed by atoms with Crippen molar-refractivity contribution in [2.45, 2.75) is 89.3 Å². The molecule has 0 bridgehead atoms. The van der Waals surface area contributed by atoms with Gasteiger partial charge in [0.1, 0.15) is 0 Å². The van der Waals surface area contributed by atoms with Gasteiger partial charge in [-0.3, -0.25) is 0 Å². The van der Waals surface area contributed by atoms with Crippen molar-refractivity contribution in [1.29, 1.82) is 0 Å². The molecule has 1 heteroatoms. The van der Waals surface area contributed by atoms with Gasteiger partial charge in [-0.1, -0.05) is 89.3 Å². The Morgan fingerprint density at radius 2 is 0.733 bits per heavy atom. The van der Waals surface area contributed by atoms with Crippen LogP contribution in [-0.4, -0.2) is 7.85 Å². The zero-order valence-corrected chi connectivity index (χ0v) is 10.3. The number of hydrogen-bond donors (Lipinski definition) is 0. The van der Waals surface area contributed by atoms with Crippen LogP contribution in [0.1, 0.15) is 83.5 Å². The minimum Gasteiger partial charge on any atom is -0.0774 e. The zero-order chi connectivity index (χ0) is 10.8. The first-order valence-electron chi connectivity index (χ1n) is 7.15. The van der Waals surface area contributed by atoms with Gasteiger partial charge in [-0.2, -0.15) is 0 Å². The highest BCUT2D eigenvalue weighted by Gasteiger charge is 2.02. The minimum atomic E-state index is 0.493. The molecule has 0 aromatic carbocycles. The van der Waals surface area contributed by atoms with E-state index in [2.05, 4.69) is 0 Å². The molecule has 0 heterocycles. The molecule has 1 fully saturated rings. The summed E-state index contributed by atoms with van der Waals surface area (Å²) in [6.45, 7) is 0. The summed E-state index contributed by atoms with van der Waals surface area (Å²) in [6.07, 6.45) is 18.3. The average Bonchev–Trinajstić information content (AvgIpc) is 2.24. The van der Waals surface area contributed by atoms with Gasteiger partial charge in [-0.05, 0) is 0 Å². The van der Waals surface area contributed by atoms with E-state index >= 15 is 0 Å². The summed E-state index contributed by atoms with van der Waals surface area (Å²) in [5.41, 5.74) is 0. The molecule has 0 spiro atoms. The third kappa shape index (κ3) is 7.93. The fourth-order valence-electron chi connectivity index (χ4n) is 2.55. The van der Waals surface area contributed by atoms with Crippen molar-refractivity contribution >= 4 is 7.85 Å². The highest BCUT2D eigenvalue weighted by molar-refractivity contribution is 6.11. The van der Waals surface area contributed by atoms with Crippen LogP contribution in [0.2, 0.25) is 5.82 Å². The van der Waals surface area contributed by atoms with Gasteiger partial charge in [0.2, 0.25) is 0 Å². The van der Waals surface area contributed by atoms with Gasteiger partial charge in [0.05, 0.1) is 7.85 Å². The maximum atomic E-state index is 6.08. The summed E-state index contributed by atoms with van der Waals surface area (Å²) in [6, 6.07) is 0. The van der Waals surface area contributed by atoms with Gasteiger partial charge >= 0.3 is 0 Å². The van der Waals surface area contributed by atoms with Crippen LogP contribution in [0.3, 0.4) is 0 Å². The Hall–Kier alpha value is 0.0649. The predicted molar refractivity (Wildman–Crippen MR) is 69.5 cm³/mol. The van der Waals surface area contributed by atoms with E-state index in [9.17, 15) is 0 Å². The van der Waals surface area contributed by atoms with Crippen molar-refractivity contribution in [2.75, 3.05) is 0 Å². The molecular formula is C14H27B. The fourth-order valence-corrected chi connectivity index (χ4v) is 2.55. The van der Waals surface area contributed by atoms with Crippen LogP contribution in [-0.2, 0) is 0 Å². The monoisotopic (exact) mass is 206 g/mol. The SMILES string of the molecule is [B]C1CCCCCCCCCCCCC1. The Morgan fingerprint density at radius 1 is 0.467 bits per heavy atom. The maximum Gasteiger partial charge on any atom is 0.0699 e. The molecule has 0 nitrogen and oxygen atoms in total. The van der Waals surface area contributed by atoms with Gasteiger partial charge in [-0.25, -0.2) is 0 Å². The molecule has 1 rings (SSSR count). The zero-order valence-electron chi connectivity index (χ0n) is 10.3. The molecule has 0 unspecified atom stereocenters. The van der Waals surface area contributed by atoms with Gasteiger partial charge in [0.25, 0.3) is 0 Å². The van der Waals surface area contributed by atoms with Gasteiger partial charge in [0, 0.05) is 0 Å². The first-order chi connectivity index (χ1) is 7.39. The molecule has 0 atom stereocenters. The van der Waals surface area contributed by atoms with Crippen molar-refractivity contribution in [2.24, 2.45) is 0 Å². The molecule has 0 aromatic rings. The topological polar surface area (TPSA) is 0 Å². The standard InChI is InChI=1S/C14H27B/c15-14-12-10-8-6-4-2-1-3-5-7-9-11-13-14/h14H,1-13H2. The van der Waals surface area contributed by atoms with Crippen LogP contribution in [0.25, 0.3) is 0 Å². The second-order valence-electron chi connectivity index (χ2n) is 5.23. The molecule has 0 saturated heterocycles. The Bertz CT molecular complexity index is 119. The molecule has 0 N–H and O–H groups in total. The molecule has 0 aromatic heterocycles. The van der Waals surface area contributed by atoms with Crippen LogP contribution < -0.4 is 0 Å². The Morgan fingerprint density at radius 3 is 1.07 bits per heavy atom. The van der Waals surface area contributed by atoms with E-state index in [0.717, 1.165) is 0 Å². The minimum absolute atomic E-state index is 0.493. The van der Waals surface area contributed by atoms with Crippen molar-refractivity contribution in [3.63, 3.8) is 0 Å². The van der Waals surface area contributed by atoms with E-state index in [-0.39, 0.29) is 0 Å². The van der Waals surface area contributed by atoms with E-state index in [1.54, 1.807) is 0 Å². The van der Waals surface area contributed by atoms with Crippen LogP contribution in [0, 0.1) is 0 Å². The Kier molecular flexibility index (Phi) is 8.14. The molecule has 0 amide bonds. The van der Waals surface area contributed by atoms with E-state index < -0.39 is 0 Å². The highest BCUT2D eigenvalue weighted by atomic mass is 14.1. The average molecular weight is 206 g/mol. The fraction of sp³-hybridized carbons (Fsp3) is 1.00. The third-order valence-corrected chi connectivity index (χ3v) is 3.65.